The second-order valence-electron chi connectivity index (χ2n) is 5.75. The van der Waals surface area contributed by atoms with E-state index in [2.05, 4.69) is 17.0 Å². The maximum Gasteiger partial charge on any atom is 0.337 e. The summed E-state index contributed by atoms with van der Waals surface area (Å²) in [4.78, 5) is 24.7. The third-order valence-corrected chi connectivity index (χ3v) is 3.86. The highest BCUT2D eigenvalue weighted by molar-refractivity contribution is 5.93. The van der Waals surface area contributed by atoms with E-state index in [0.29, 0.717) is 23.7 Å². The lowest BCUT2D eigenvalue weighted by Gasteiger charge is -2.27. The molecule has 1 amide bonds. The lowest BCUT2D eigenvalue weighted by Crippen LogP contribution is -3.14. The fourth-order valence-electron chi connectivity index (χ4n) is 2.80. The molecular weight excluding hydrogens is 268 g/mol. The van der Waals surface area contributed by atoms with Crippen LogP contribution in [0, 0.1) is 5.92 Å². The molecule has 1 heterocycles. The number of quaternary nitrogens is 1. The summed E-state index contributed by atoms with van der Waals surface area (Å²) >= 11 is 0. The molecule has 1 aliphatic rings. The van der Waals surface area contributed by atoms with Gasteiger partial charge in [0.15, 0.2) is 6.54 Å². The van der Waals surface area contributed by atoms with E-state index >= 15 is 0 Å². The molecule has 0 spiro atoms. The average molecular weight is 291 g/mol. The van der Waals surface area contributed by atoms with E-state index in [1.54, 1.807) is 24.3 Å². The highest BCUT2D eigenvalue weighted by Crippen LogP contribution is 2.10. The number of amides is 1. The molecule has 21 heavy (non-hydrogen) atoms. The molecule has 1 aromatic carbocycles. The van der Waals surface area contributed by atoms with Crippen LogP contribution >= 0.6 is 0 Å². The molecule has 0 saturated carbocycles. The Labute approximate surface area is 125 Å². The van der Waals surface area contributed by atoms with Crippen LogP contribution in [-0.4, -0.2) is 38.6 Å². The molecular formula is C16H23N2O3+. The van der Waals surface area contributed by atoms with Crippen molar-refractivity contribution < 1.29 is 19.2 Å². The monoisotopic (exact) mass is 291 g/mol. The molecule has 1 fully saturated rings. The number of anilines is 1. The summed E-state index contributed by atoms with van der Waals surface area (Å²) in [5.74, 6) is 0.338. The van der Waals surface area contributed by atoms with Gasteiger partial charge in [-0.3, -0.25) is 4.79 Å². The molecule has 0 radical (unpaired) electrons. The third kappa shape index (κ3) is 4.56. The highest BCUT2D eigenvalue weighted by atomic mass is 16.5. The van der Waals surface area contributed by atoms with E-state index in [1.165, 1.54) is 24.9 Å². The highest BCUT2D eigenvalue weighted by Gasteiger charge is 2.21. The molecule has 1 saturated heterocycles. The Morgan fingerprint density at radius 3 is 2.67 bits per heavy atom. The zero-order valence-corrected chi connectivity index (χ0v) is 12.6. The smallest absolute Gasteiger partial charge is 0.337 e. The van der Waals surface area contributed by atoms with Crippen molar-refractivity contribution in [3.8, 4) is 0 Å². The van der Waals surface area contributed by atoms with Gasteiger partial charge < -0.3 is 15.0 Å². The predicted molar refractivity (Wildman–Crippen MR) is 80.4 cm³/mol. The predicted octanol–water partition coefficient (Wildman–Crippen LogP) is 0.726. The first-order valence-electron chi connectivity index (χ1n) is 7.40. The van der Waals surface area contributed by atoms with Gasteiger partial charge in [0.2, 0.25) is 0 Å². The van der Waals surface area contributed by atoms with E-state index in [1.807, 2.05) is 0 Å². The minimum Gasteiger partial charge on any atom is -0.465 e. The van der Waals surface area contributed by atoms with Crippen LogP contribution in [0.15, 0.2) is 24.3 Å². The van der Waals surface area contributed by atoms with Crippen LogP contribution in [-0.2, 0) is 9.53 Å². The number of rotatable bonds is 4. The molecule has 0 bridgehead atoms. The van der Waals surface area contributed by atoms with Crippen molar-refractivity contribution in [1.82, 2.24) is 0 Å². The normalized spacial score (nSPS) is 21.6. The summed E-state index contributed by atoms with van der Waals surface area (Å²) in [6.45, 7) is 4.87. The van der Waals surface area contributed by atoms with Gasteiger partial charge in [-0.05, 0) is 37.1 Å². The van der Waals surface area contributed by atoms with Crippen LogP contribution in [0.1, 0.15) is 30.1 Å². The molecule has 0 aliphatic carbocycles. The number of esters is 1. The van der Waals surface area contributed by atoms with Crippen molar-refractivity contribution in [2.24, 2.45) is 5.92 Å². The van der Waals surface area contributed by atoms with Gasteiger partial charge in [-0.2, -0.15) is 0 Å². The van der Waals surface area contributed by atoms with Crippen molar-refractivity contribution in [2.45, 2.75) is 19.8 Å². The molecule has 1 aliphatic heterocycles. The number of hydrogen-bond donors (Lipinski definition) is 2. The van der Waals surface area contributed by atoms with Crippen LogP contribution in [0.2, 0.25) is 0 Å². The Morgan fingerprint density at radius 2 is 2.05 bits per heavy atom. The first kappa shape index (κ1) is 15.5. The van der Waals surface area contributed by atoms with Gasteiger partial charge >= 0.3 is 5.97 Å². The van der Waals surface area contributed by atoms with Crippen molar-refractivity contribution in [2.75, 3.05) is 32.1 Å². The molecule has 5 nitrogen and oxygen atoms in total. The van der Waals surface area contributed by atoms with Crippen LogP contribution in [0.5, 0.6) is 0 Å². The standard InChI is InChI=1S/C16H22N2O3/c1-12-4-3-9-18(10-12)11-15(19)17-14-7-5-13(6-8-14)16(20)21-2/h5-8,12H,3-4,9-11H2,1-2H3,(H,17,19)/p+1/t12-/m1/s1. The number of nitrogens with one attached hydrogen (secondary N) is 2. The number of carbonyl (C=O) groups is 2. The number of methoxy groups -OCH3 is 1. The van der Waals surface area contributed by atoms with Gasteiger partial charge in [0.25, 0.3) is 5.91 Å². The summed E-state index contributed by atoms with van der Waals surface area (Å²) in [7, 11) is 1.35. The number of hydrogen-bond acceptors (Lipinski definition) is 3. The lowest BCUT2D eigenvalue weighted by molar-refractivity contribution is -0.900. The quantitative estimate of drug-likeness (QED) is 0.804. The summed E-state index contributed by atoms with van der Waals surface area (Å²) < 4.78 is 4.64. The minimum atomic E-state index is -0.375. The zero-order chi connectivity index (χ0) is 15.2. The van der Waals surface area contributed by atoms with Crippen LogP contribution in [0.25, 0.3) is 0 Å². The minimum absolute atomic E-state index is 0.0184. The zero-order valence-electron chi connectivity index (χ0n) is 12.6. The molecule has 1 aromatic rings. The topological polar surface area (TPSA) is 59.8 Å². The summed E-state index contributed by atoms with van der Waals surface area (Å²) in [5.41, 5.74) is 1.18. The van der Waals surface area contributed by atoms with E-state index in [0.717, 1.165) is 13.1 Å². The largest absolute Gasteiger partial charge is 0.465 e. The van der Waals surface area contributed by atoms with Gasteiger partial charge in [0.1, 0.15) is 0 Å². The maximum atomic E-state index is 12.0. The molecule has 2 atom stereocenters. The maximum absolute atomic E-state index is 12.0. The van der Waals surface area contributed by atoms with Crippen LogP contribution < -0.4 is 10.2 Å². The lowest BCUT2D eigenvalue weighted by atomic mass is 10.0. The molecule has 0 aromatic heterocycles. The van der Waals surface area contributed by atoms with Crippen LogP contribution in [0.3, 0.4) is 0 Å². The SMILES string of the molecule is COC(=O)c1ccc(NC(=O)C[NH+]2CCC[C@@H](C)C2)cc1. The van der Waals surface area contributed by atoms with E-state index in [4.69, 9.17) is 0 Å². The van der Waals surface area contributed by atoms with Crippen molar-refractivity contribution in [3.05, 3.63) is 29.8 Å². The number of piperidine rings is 1. The van der Waals surface area contributed by atoms with Crippen LogP contribution in [0.4, 0.5) is 5.69 Å². The summed E-state index contributed by atoms with van der Waals surface area (Å²) in [6, 6.07) is 6.74. The number of ether oxygens (including phenoxy) is 1. The fraction of sp³-hybridized carbons (Fsp3) is 0.500. The number of likely N-dealkylation sites (tertiary alicyclic amines) is 1. The Morgan fingerprint density at radius 1 is 1.33 bits per heavy atom. The first-order chi connectivity index (χ1) is 10.1. The molecule has 2 rings (SSSR count). The van der Waals surface area contributed by atoms with E-state index in [-0.39, 0.29) is 11.9 Å². The summed E-state index contributed by atoms with van der Waals surface area (Å²) in [5, 5.41) is 2.88. The Bertz CT molecular complexity index is 499. The first-order valence-corrected chi connectivity index (χ1v) is 7.40. The Balaban J connectivity index is 1.86. The summed E-state index contributed by atoms with van der Waals surface area (Å²) in [6.07, 6.45) is 2.46. The van der Waals surface area contributed by atoms with E-state index < -0.39 is 0 Å². The third-order valence-electron chi connectivity index (χ3n) is 3.86. The Kier molecular flexibility index (Phi) is 5.33. The van der Waals surface area contributed by atoms with Crippen molar-refractivity contribution in [1.29, 1.82) is 0 Å². The van der Waals surface area contributed by atoms with E-state index in [9.17, 15) is 9.59 Å². The number of carbonyl (C=O) groups excluding carboxylic acids is 2. The molecule has 5 heteroatoms. The molecule has 2 N–H and O–H groups in total. The Hall–Kier alpha value is -1.88. The second-order valence-corrected chi connectivity index (χ2v) is 5.75. The van der Waals surface area contributed by atoms with Gasteiger partial charge in [-0.1, -0.05) is 6.92 Å². The molecule has 1 unspecified atom stereocenters. The molecule has 114 valence electrons. The van der Waals surface area contributed by atoms with Gasteiger partial charge in [-0.25, -0.2) is 4.79 Å². The average Bonchev–Trinajstić information content (AvgIpc) is 2.47. The second kappa shape index (κ2) is 7.22. The van der Waals surface area contributed by atoms with Gasteiger partial charge in [0, 0.05) is 11.6 Å². The van der Waals surface area contributed by atoms with Gasteiger partial charge in [0.05, 0.1) is 25.8 Å². The van der Waals surface area contributed by atoms with Crippen molar-refractivity contribution >= 4 is 17.6 Å². The fourth-order valence-corrected chi connectivity index (χ4v) is 2.80. The van der Waals surface area contributed by atoms with Crippen molar-refractivity contribution in [3.63, 3.8) is 0 Å². The van der Waals surface area contributed by atoms with Gasteiger partial charge in [-0.15, -0.1) is 0 Å². The number of benzene rings is 1.